The van der Waals surface area contributed by atoms with Gasteiger partial charge in [0, 0.05) is 6.42 Å². The molecular weight excluding hydrogens is 268 g/mol. The Labute approximate surface area is 131 Å². The molecule has 1 nitrogen and oxygen atoms in total. The Morgan fingerprint density at radius 2 is 1.20 bits per heavy atom. The first-order chi connectivity index (χ1) is 9.77. The minimum absolute atomic E-state index is 0.190. The molecule has 0 aliphatic carbocycles. The highest BCUT2D eigenvalue weighted by atomic mass is 35.5. The molecule has 0 spiro atoms. The van der Waals surface area contributed by atoms with E-state index in [9.17, 15) is 4.79 Å². The van der Waals surface area contributed by atoms with Crippen molar-refractivity contribution in [2.24, 2.45) is 0 Å². The molecule has 0 unspecified atom stereocenters. The van der Waals surface area contributed by atoms with Crippen LogP contribution < -0.4 is 0 Å². The topological polar surface area (TPSA) is 17.1 Å². The van der Waals surface area contributed by atoms with E-state index in [2.05, 4.69) is 19.1 Å². The summed E-state index contributed by atoms with van der Waals surface area (Å²) in [7, 11) is 0. The number of halogens is 1. The molecule has 0 N–H and O–H groups in total. The zero-order chi connectivity index (χ0) is 14.9. The fourth-order valence-electron chi connectivity index (χ4n) is 2.33. The number of allylic oxidation sites excluding steroid dienone is 2. The summed E-state index contributed by atoms with van der Waals surface area (Å²) in [6, 6.07) is 0. The molecule has 0 aromatic heterocycles. The summed E-state index contributed by atoms with van der Waals surface area (Å²) >= 11 is 5.29. The quantitative estimate of drug-likeness (QED) is 0.185. The van der Waals surface area contributed by atoms with Crippen molar-refractivity contribution in [3.63, 3.8) is 0 Å². The normalized spacial score (nSPS) is 11.3. The lowest BCUT2D eigenvalue weighted by Gasteiger charge is -1.99. The first kappa shape index (κ1) is 19.7. The Kier molecular flexibility index (Phi) is 16.5. The Morgan fingerprint density at radius 1 is 0.750 bits per heavy atom. The van der Waals surface area contributed by atoms with Crippen molar-refractivity contribution in [1.29, 1.82) is 0 Å². The molecule has 0 rings (SSSR count). The van der Waals surface area contributed by atoms with Crippen LogP contribution >= 0.6 is 11.6 Å². The SMILES string of the molecule is CCCCCCC/C=C\CCCCCCCCC(=O)Cl. The summed E-state index contributed by atoms with van der Waals surface area (Å²) in [5.41, 5.74) is 0. The fraction of sp³-hybridized carbons (Fsp3) is 0.833. The number of hydrogen-bond donors (Lipinski definition) is 0. The van der Waals surface area contributed by atoms with Crippen LogP contribution in [0.5, 0.6) is 0 Å². The second kappa shape index (κ2) is 16.8. The van der Waals surface area contributed by atoms with E-state index in [4.69, 9.17) is 11.6 Å². The van der Waals surface area contributed by atoms with E-state index in [1.165, 1.54) is 70.6 Å². The van der Waals surface area contributed by atoms with Crippen LogP contribution in [0.3, 0.4) is 0 Å². The third-order valence-corrected chi connectivity index (χ3v) is 3.82. The van der Waals surface area contributed by atoms with E-state index >= 15 is 0 Å². The van der Waals surface area contributed by atoms with Crippen LogP contribution in [0.1, 0.15) is 96.8 Å². The van der Waals surface area contributed by atoms with Gasteiger partial charge in [-0.2, -0.15) is 0 Å². The molecule has 0 heterocycles. The van der Waals surface area contributed by atoms with Crippen LogP contribution in [-0.4, -0.2) is 5.24 Å². The smallest absolute Gasteiger partial charge is 0.221 e. The summed E-state index contributed by atoms with van der Waals surface area (Å²) in [4.78, 5) is 10.5. The second-order valence-corrected chi connectivity index (χ2v) is 6.11. The summed E-state index contributed by atoms with van der Waals surface area (Å²) in [5.74, 6) is 0. The van der Waals surface area contributed by atoms with Gasteiger partial charge in [-0.05, 0) is 43.7 Å². The molecule has 118 valence electrons. The minimum Gasteiger partial charge on any atom is -0.281 e. The lowest BCUT2D eigenvalue weighted by Crippen LogP contribution is -1.86. The van der Waals surface area contributed by atoms with Gasteiger partial charge in [-0.25, -0.2) is 0 Å². The van der Waals surface area contributed by atoms with Gasteiger partial charge in [0.25, 0.3) is 0 Å². The number of unbranched alkanes of at least 4 members (excludes halogenated alkanes) is 11. The minimum atomic E-state index is -0.190. The van der Waals surface area contributed by atoms with Crippen LogP contribution in [0.2, 0.25) is 0 Å². The van der Waals surface area contributed by atoms with E-state index in [0.717, 1.165) is 12.8 Å². The standard InChI is InChI=1S/C18H33ClO/c1-2-3-4-5-6-7-8-9-10-11-12-13-14-15-16-17-18(19)20/h8-9H,2-7,10-17H2,1H3/b9-8-. The van der Waals surface area contributed by atoms with Crippen molar-refractivity contribution < 1.29 is 4.79 Å². The maximum atomic E-state index is 10.5. The Bertz CT molecular complexity index is 236. The Balaban J connectivity index is 3.06. The van der Waals surface area contributed by atoms with Gasteiger partial charge in [-0.15, -0.1) is 0 Å². The van der Waals surface area contributed by atoms with Crippen molar-refractivity contribution in [3.8, 4) is 0 Å². The van der Waals surface area contributed by atoms with Gasteiger partial charge in [0.1, 0.15) is 0 Å². The number of rotatable bonds is 15. The molecule has 0 radical (unpaired) electrons. The summed E-state index contributed by atoms with van der Waals surface area (Å²) in [6.07, 6.45) is 21.9. The van der Waals surface area contributed by atoms with E-state index < -0.39 is 0 Å². The second-order valence-electron chi connectivity index (χ2n) is 5.69. The maximum absolute atomic E-state index is 10.5. The molecule has 0 aliphatic heterocycles. The third-order valence-electron chi connectivity index (χ3n) is 3.64. The van der Waals surface area contributed by atoms with E-state index in [0.29, 0.717) is 6.42 Å². The van der Waals surface area contributed by atoms with Crippen molar-refractivity contribution >= 4 is 16.8 Å². The zero-order valence-electron chi connectivity index (χ0n) is 13.3. The molecule has 0 aliphatic rings. The number of carbonyl (C=O) groups is 1. The predicted molar refractivity (Wildman–Crippen MR) is 90.3 cm³/mol. The lowest BCUT2D eigenvalue weighted by molar-refractivity contribution is -0.111. The van der Waals surface area contributed by atoms with E-state index in [1.54, 1.807) is 0 Å². The summed E-state index contributed by atoms with van der Waals surface area (Å²) in [6.45, 7) is 2.26. The third kappa shape index (κ3) is 17.7. The van der Waals surface area contributed by atoms with Crippen LogP contribution in [0, 0.1) is 0 Å². The molecule has 0 atom stereocenters. The highest BCUT2D eigenvalue weighted by Crippen LogP contribution is 2.10. The van der Waals surface area contributed by atoms with Crippen LogP contribution in [0.4, 0.5) is 0 Å². The highest BCUT2D eigenvalue weighted by Gasteiger charge is 1.95. The van der Waals surface area contributed by atoms with Crippen molar-refractivity contribution in [2.45, 2.75) is 96.8 Å². The Morgan fingerprint density at radius 3 is 1.70 bits per heavy atom. The highest BCUT2D eigenvalue weighted by molar-refractivity contribution is 6.63. The van der Waals surface area contributed by atoms with Crippen LogP contribution in [0.25, 0.3) is 0 Å². The summed E-state index contributed by atoms with van der Waals surface area (Å²) in [5, 5.41) is -0.190. The van der Waals surface area contributed by atoms with Gasteiger partial charge in [-0.3, -0.25) is 4.79 Å². The zero-order valence-corrected chi connectivity index (χ0v) is 14.1. The van der Waals surface area contributed by atoms with Gasteiger partial charge in [-0.1, -0.05) is 70.4 Å². The van der Waals surface area contributed by atoms with Gasteiger partial charge in [0.2, 0.25) is 5.24 Å². The predicted octanol–water partition coefficient (Wildman–Crippen LogP) is 6.79. The van der Waals surface area contributed by atoms with Crippen LogP contribution in [0.15, 0.2) is 12.2 Å². The molecule has 0 saturated carbocycles. The molecule has 2 heteroatoms. The number of carbonyl (C=O) groups excluding carboxylic acids is 1. The number of hydrogen-bond acceptors (Lipinski definition) is 1. The Hall–Kier alpha value is -0.300. The average molecular weight is 301 g/mol. The summed E-state index contributed by atoms with van der Waals surface area (Å²) < 4.78 is 0. The van der Waals surface area contributed by atoms with E-state index in [-0.39, 0.29) is 5.24 Å². The molecule has 0 aromatic carbocycles. The first-order valence-corrected chi connectivity index (χ1v) is 8.98. The molecule has 0 fully saturated rings. The van der Waals surface area contributed by atoms with Crippen molar-refractivity contribution in [3.05, 3.63) is 12.2 Å². The van der Waals surface area contributed by atoms with Gasteiger partial charge in [0.15, 0.2) is 0 Å². The molecule has 20 heavy (non-hydrogen) atoms. The first-order valence-electron chi connectivity index (χ1n) is 8.60. The molecule has 0 saturated heterocycles. The van der Waals surface area contributed by atoms with Crippen molar-refractivity contribution in [1.82, 2.24) is 0 Å². The molecule has 0 amide bonds. The van der Waals surface area contributed by atoms with Gasteiger partial charge in [0.05, 0.1) is 0 Å². The fourth-order valence-corrected chi connectivity index (χ4v) is 2.47. The van der Waals surface area contributed by atoms with Crippen molar-refractivity contribution in [2.75, 3.05) is 0 Å². The van der Waals surface area contributed by atoms with Gasteiger partial charge >= 0.3 is 0 Å². The van der Waals surface area contributed by atoms with Gasteiger partial charge < -0.3 is 0 Å². The molecule has 0 bridgehead atoms. The monoisotopic (exact) mass is 300 g/mol. The largest absolute Gasteiger partial charge is 0.281 e. The molecule has 0 aromatic rings. The van der Waals surface area contributed by atoms with E-state index in [1.807, 2.05) is 0 Å². The average Bonchev–Trinajstić information content (AvgIpc) is 2.43. The lowest BCUT2D eigenvalue weighted by atomic mass is 10.1. The molecular formula is C18H33ClO. The van der Waals surface area contributed by atoms with Crippen LogP contribution in [-0.2, 0) is 4.79 Å². The maximum Gasteiger partial charge on any atom is 0.221 e.